The lowest BCUT2D eigenvalue weighted by atomic mass is 10.0. The molecule has 0 aliphatic heterocycles. The fraction of sp³-hybridized carbons (Fsp3) is 0.0625. The highest BCUT2D eigenvalue weighted by molar-refractivity contribution is 6.20. The van der Waals surface area contributed by atoms with Crippen molar-refractivity contribution in [2.45, 2.75) is 6.92 Å². The molecule has 0 spiro atoms. The first kappa shape index (κ1) is 14.5. The van der Waals surface area contributed by atoms with Crippen molar-refractivity contribution in [2.75, 3.05) is 0 Å². The predicted octanol–water partition coefficient (Wildman–Crippen LogP) is 3.53. The third-order valence-electron chi connectivity index (χ3n) is 3.03. The summed E-state index contributed by atoms with van der Waals surface area (Å²) in [4.78, 5) is 21.9. The third-order valence-corrected chi connectivity index (χ3v) is 3.03. The van der Waals surface area contributed by atoms with Gasteiger partial charge < -0.3 is 5.11 Å². The van der Waals surface area contributed by atoms with Crippen LogP contribution >= 0.6 is 0 Å². The first-order chi connectivity index (χ1) is 9.99. The van der Waals surface area contributed by atoms with Crippen LogP contribution in [-0.4, -0.2) is 16.0 Å². The molecule has 2 aromatic rings. The predicted molar refractivity (Wildman–Crippen MR) is 79.8 cm³/mol. The molecule has 2 aromatic carbocycles. The van der Waals surface area contributed by atoms with E-state index < -0.39 is 10.9 Å². The van der Waals surface area contributed by atoms with E-state index in [9.17, 15) is 20.0 Å². The molecule has 0 aromatic heterocycles. The molecule has 2 rings (SSSR count). The van der Waals surface area contributed by atoms with E-state index in [1.54, 1.807) is 36.4 Å². The van der Waals surface area contributed by atoms with Gasteiger partial charge >= 0.3 is 5.97 Å². The van der Waals surface area contributed by atoms with Crippen LogP contribution in [0.4, 0.5) is 5.69 Å². The number of aryl methyl sites for hydroxylation is 1. The van der Waals surface area contributed by atoms with E-state index in [-0.39, 0.29) is 16.8 Å². The minimum atomic E-state index is -1.13. The number of hydrogen-bond donors (Lipinski definition) is 1. The van der Waals surface area contributed by atoms with Gasteiger partial charge in [-0.2, -0.15) is 0 Å². The summed E-state index contributed by atoms with van der Waals surface area (Å²) in [6.45, 7) is 1.90. The molecule has 0 saturated carbocycles. The molecule has 0 bridgehead atoms. The van der Waals surface area contributed by atoms with Gasteiger partial charge in [0.25, 0.3) is 5.69 Å². The molecule has 5 heteroatoms. The fourth-order valence-corrected chi connectivity index (χ4v) is 1.93. The summed E-state index contributed by atoms with van der Waals surface area (Å²) in [6.07, 6.45) is 1.32. The van der Waals surface area contributed by atoms with Gasteiger partial charge in [-0.1, -0.05) is 42.0 Å². The standard InChI is InChI=1S/C16H13NO4/c1-11-6-8-12(9-7-11)14(16(18)19)10-13-4-2-3-5-15(13)17(20)21/h2-10H,1H3,(H,18,19)/b14-10-. The highest BCUT2D eigenvalue weighted by atomic mass is 16.6. The van der Waals surface area contributed by atoms with Gasteiger partial charge in [0.2, 0.25) is 0 Å². The van der Waals surface area contributed by atoms with Gasteiger partial charge in [0.1, 0.15) is 0 Å². The van der Waals surface area contributed by atoms with E-state index in [4.69, 9.17) is 0 Å². The zero-order valence-corrected chi connectivity index (χ0v) is 11.3. The molecule has 0 aliphatic carbocycles. The van der Waals surface area contributed by atoms with Crippen LogP contribution in [0.2, 0.25) is 0 Å². The van der Waals surface area contributed by atoms with E-state index in [1.807, 2.05) is 6.92 Å². The number of rotatable bonds is 4. The highest BCUT2D eigenvalue weighted by Crippen LogP contribution is 2.25. The Labute approximate surface area is 121 Å². The average molecular weight is 283 g/mol. The summed E-state index contributed by atoms with van der Waals surface area (Å²) in [5.41, 5.74) is 1.67. The zero-order valence-electron chi connectivity index (χ0n) is 11.3. The van der Waals surface area contributed by atoms with Crippen LogP contribution in [0, 0.1) is 17.0 Å². The molecule has 0 aliphatic rings. The van der Waals surface area contributed by atoms with Crippen molar-refractivity contribution in [3.05, 3.63) is 75.3 Å². The molecular formula is C16H13NO4. The second kappa shape index (κ2) is 6.00. The fourth-order valence-electron chi connectivity index (χ4n) is 1.93. The zero-order chi connectivity index (χ0) is 15.4. The molecule has 106 valence electrons. The number of carbonyl (C=O) groups is 1. The first-order valence-electron chi connectivity index (χ1n) is 6.24. The number of benzene rings is 2. The number of para-hydroxylation sites is 1. The number of aliphatic carboxylic acids is 1. The summed E-state index contributed by atoms with van der Waals surface area (Å²) >= 11 is 0. The minimum Gasteiger partial charge on any atom is -0.478 e. The van der Waals surface area contributed by atoms with Crippen molar-refractivity contribution in [2.24, 2.45) is 0 Å². The van der Waals surface area contributed by atoms with E-state index in [0.717, 1.165) is 5.56 Å². The first-order valence-corrected chi connectivity index (χ1v) is 6.24. The quantitative estimate of drug-likeness (QED) is 0.403. The minimum absolute atomic E-state index is 0.0179. The Balaban J connectivity index is 2.56. The van der Waals surface area contributed by atoms with Crippen LogP contribution < -0.4 is 0 Å². The number of nitro groups is 1. The van der Waals surface area contributed by atoms with Crippen LogP contribution in [0.15, 0.2) is 48.5 Å². The number of carboxylic acid groups (broad SMARTS) is 1. The monoisotopic (exact) mass is 283 g/mol. The van der Waals surface area contributed by atoms with Crippen molar-refractivity contribution in [3.8, 4) is 0 Å². The van der Waals surface area contributed by atoms with Crippen molar-refractivity contribution in [1.82, 2.24) is 0 Å². The van der Waals surface area contributed by atoms with Gasteiger partial charge in [-0.25, -0.2) is 4.79 Å². The Bertz CT molecular complexity index is 717. The Hall–Kier alpha value is -2.95. The molecule has 0 radical (unpaired) electrons. The molecule has 21 heavy (non-hydrogen) atoms. The molecule has 1 N–H and O–H groups in total. The van der Waals surface area contributed by atoms with Gasteiger partial charge in [-0.15, -0.1) is 0 Å². The summed E-state index contributed by atoms with van der Waals surface area (Å²) < 4.78 is 0. The molecule has 0 unspecified atom stereocenters. The second-order valence-electron chi connectivity index (χ2n) is 4.55. The van der Waals surface area contributed by atoms with Gasteiger partial charge in [0, 0.05) is 6.07 Å². The molecular weight excluding hydrogens is 270 g/mol. The Morgan fingerprint density at radius 3 is 2.33 bits per heavy atom. The van der Waals surface area contributed by atoms with Gasteiger partial charge in [-0.05, 0) is 24.6 Å². The van der Waals surface area contributed by atoms with Crippen molar-refractivity contribution >= 4 is 23.3 Å². The third kappa shape index (κ3) is 3.33. The SMILES string of the molecule is Cc1ccc(/C(=C/c2ccccc2[N+](=O)[O-])C(=O)O)cc1. The summed E-state index contributed by atoms with van der Waals surface area (Å²) in [7, 11) is 0. The van der Waals surface area contributed by atoms with Crippen LogP contribution in [0.3, 0.4) is 0 Å². The largest absolute Gasteiger partial charge is 0.478 e. The average Bonchev–Trinajstić information content (AvgIpc) is 2.46. The van der Waals surface area contributed by atoms with E-state index in [2.05, 4.69) is 0 Å². The van der Waals surface area contributed by atoms with Crippen molar-refractivity contribution in [1.29, 1.82) is 0 Å². The summed E-state index contributed by atoms with van der Waals surface area (Å²) in [5, 5.41) is 20.3. The van der Waals surface area contributed by atoms with Crippen LogP contribution in [0.25, 0.3) is 11.6 Å². The van der Waals surface area contributed by atoms with Crippen molar-refractivity contribution in [3.63, 3.8) is 0 Å². The summed E-state index contributed by atoms with van der Waals surface area (Å²) in [6, 6.07) is 13.0. The Morgan fingerprint density at radius 1 is 1.14 bits per heavy atom. The Morgan fingerprint density at radius 2 is 1.76 bits per heavy atom. The molecule has 0 saturated heterocycles. The summed E-state index contributed by atoms with van der Waals surface area (Å²) in [5.74, 6) is -1.13. The highest BCUT2D eigenvalue weighted by Gasteiger charge is 2.15. The van der Waals surface area contributed by atoms with Gasteiger partial charge in [0.15, 0.2) is 0 Å². The van der Waals surface area contributed by atoms with Crippen LogP contribution in [0.1, 0.15) is 16.7 Å². The number of nitro benzene ring substituents is 1. The molecule has 0 atom stereocenters. The van der Waals surface area contributed by atoms with Crippen LogP contribution in [0.5, 0.6) is 0 Å². The van der Waals surface area contributed by atoms with E-state index in [0.29, 0.717) is 5.56 Å². The lowest BCUT2D eigenvalue weighted by Gasteiger charge is -2.04. The maximum atomic E-state index is 11.4. The lowest BCUT2D eigenvalue weighted by Crippen LogP contribution is -2.00. The topological polar surface area (TPSA) is 80.4 Å². The van der Waals surface area contributed by atoms with E-state index in [1.165, 1.54) is 18.2 Å². The Kier molecular flexibility index (Phi) is 4.13. The normalized spacial score (nSPS) is 11.2. The lowest BCUT2D eigenvalue weighted by molar-refractivity contribution is -0.385. The molecule has 0 amide bonds. The van der Waals surface area contributed by atoms with Gasteiger partial charge in [0.05, 0.1) is 16.1 Å². The smallest absolute Gasteiger partial charge is 0.336 e. The van der Waals surface area contributed by atoms with Crippen LogP contribution in [-0.2, 0) is 4.79 Å². The maximum Gasteiger partial charge on any atom is 0.336 e. The number of nitrogens with zero attached hydrogens (tertiary/aromatic N) is 1. The van der Waals surface area contributed by atoms with Gasteiger partial charge in [-0.3, -0.25) is 10.1 Å². The molecule has 5 nitrogen and oxygen atoms in total. The van der Waals surface area contributed by atoms with Crippen molar-refractivity contribution < 1.29 is 14.8 Å². The molecule has 0 fully saturated rings. The van der Waals surface area contributed by atoms with E-state index >= 15 is 0 Å². The number of carboxylic acids is 1. The second-order valence-corrected chi connectivity index (χ2v) is 4.55. The number of hydrogen-bond acceptors (Lipinski definition) is 3. The molecule has 0 heterocycles. The maximum absolute atomic E-state index is 11.4.